The van der Waals surface area contributed by atoms with E-state index in [2.05, 4.69) is 74.1 Å². The first-order valence-corrected chi connectivity index (χ1v) is 24.3. The molecule has 9 nitrogen and oxygen atoms in total. The van der Waals surface area contributed by atoms with E-state index in [4.69, 9.17) is 30.1 Å². The van der Waals surface area contributed by atoms with Crippen molar-refractivity contribution < 1.29 is 23.9 Å². The molecule has 3 aliphatic heterocycles. The minimum absolute atomic E-state index is 0. The van der Waals surface area contributed by atoms with Crippen molar-refractivity contribution >= 4 is 70.7 Å². The Kier molecular flexibility index (Phi) is 18.5. The van der Waals surface area contributed by atoms with Crippen LogP contribution in [0.5, 0.6) is 0 Å². The van der Waals surface area contributed by atoms with Crippen molar-refractivity contribution in [3.63, 3.8) is 0 Å². The van der Waals surface area contributed by atoms with Crippen molar-refractivity contribution in [2.45, 2.75) is 158 Å². The van der Waals surface area contributed by atoms with Gasteiger partial charge in [-0.1, -0.05) is 151 Å². The zero-order valence-corrected chi connectivity index (χ0v) is 42.9. The van der Waals surface area contributed by atoms with Gasteiger partial charge >= 0.3 is 35.0 Å². The van der Waals surface area contributed by atoms with E-state index in [9.17, 15) is 14.4 Å². The maximum atomic E-state index is 14.4. The zero-order chi connectivity index (χ0) is 46.4. The fourth-order valence-corrected chi connectivity index (χ4v) is 10.4. The van der Waals surface area contributed by atoms with Gasteiger partial charge in [0.25, 0.3) is 0 Å². The van der Waals surface area contributed by atoms with Crippen molar-refractivity contribution in [1.82, 2.24) is 9.97 Å². The molecule has 4 aliphatic rings. The molecule has 0 spiro atoms. The molecule has 10 heteroatoms. The molecule has 0 amide bonds. The van der Waals surface area contributed by atoms with Crippen molar-refractivity contribution in [1.29, 1.82) is 0 Å². The Morgan fingerprint density at radius 2 is 1.57 bits per heavy atom. The Bertz CT molecular complexity index is 2340. The molecule has 0 aromatic carbocycles. The van der Waals surface area contributed by atoms with Crippen molar-refractivity contribution in [3.8, 4) is 0 Å². The van der Waals surface area contributed by atoms with Gasteiger partial charge in [-0.15, -0.1) is 39.9 Å². The number of carbonyl (C=O) groups is 3. The molecule has 0 N–H and O–H groups in total. The van der Waals surface area contributed by atoms with Crippen LogP contribution in [0.4, 0.5) is 0 Å². The Labute approximate surface area is 405 Å². The topological polar surface area (TPSA) is 126 Å². The summed E-state index contributed by atoms with van der Waals surface area (Å²) in [5.74, 6) is -0.520. The molecule has 65 heavy (non-hydrogen) atoms. The number of aromatic nitrogens is 2. The second-order valence-electron chi connectivity index (χ2n) is 19.8. The normalized spacial score (nSPS) is 25.1. The second kappa shape index (κ2) is 23.1. The van der Waals surface area contributed by atoms with Gasteiger partial charge in [0.1, 0.15) is 12.5 Å². The van der Waals surface area contributed by atoms with E-state index in [1.807, 2.05) is 32.1 Å². The van der Waals surface area contributed by atoms with E-state index in [1.165, 1.54) is 57.6 Å². The number of carbonyl (C=O) groups excluding carboxylic acids is 3. The number of hydrogen-bond donors (Lipinski definition) is 0. The molecular formula is C55H74MgN4O5-2. The third-order valence-corrected chi connectivity index (χ3v) is 14.6. The van der Waals surface area contributed by atoms with Crippen LogP contribution >= 0.6 is 0 Å². The quantitative estimate of drug-likeness (QED) is 0.0561. The molecule has 1 fully saturated rings. The van der Waals surface area contributed by atoms with Gasteiger partial charge in [-0.2, -0.15) is 5.70 Å². The van der Waals surface area contributed by atoms with Crippen molar-refractivity contribution in [2.24, 2.45) is 35.5 Å². The van der Waals surface area contributed by atoms with Gasteiger partial charge in [-0.3, -0.25) is 14.4 Å². The summed E-state index contributed by atoms with van der Waals surface area (Å²) in [5, 5.41) is 12.1. The van der Waals surface area contributed by atoms with Crippen LogP contribution in [-0.4, -0.2) is 66.6 Å². The summed E-state index contributed by atoms with van der Waals surface area (Å²) in [6, 6.07) is -0.564. The number of ketones is 1. The van der Waals surface area contributed by atoms with Crippen LogP contribution in [0.15, 0.2) is 40.8 Å². The minimum Gasteiger partial charge on any atom is -0.681 e. The van der Waals surface area contributed by atoms with E-state index >= 15 is 0 Å². The predicted molar refractivity (Wildman–Crippen MR) is 266 cm³/mol. The molecule has 2 aromatic rings. The number of fused-ring (bicyclic) bond motifs is 7. The van der Waals surface area contributed by atoms with E-state index in [-0.39, 0.29) is 71.8 Å². The molecule has 1 saturated heterocycles. The molecule has 6 rings (SSSR count). The third kappa shape index (κ3) is 11.8. The number of Topliss-reactive ketones (excluding diaryl/α,β-unsaturated/α-hetero) is 1. The third-order valence-electron chi connectivity index (χ3n) is 14.6. The van der Waals surface area contributed by atoms with E-state index < -0.39 is 11.9 Å². The first-order valence-electron chi connectivity index (χ1n) is 24.3. The maximum Gasteiger partial charge on any atom is 2.00 e. The first-order chi connectivity index (χ1) is 30.6. The van der Waals surface area contributed by atoms with Gasteiger partial charge in [0.05, 0.1) is 7.11 Å². The molecule has 8 bridgehead atoms. The van der Waals surface area contributed by atoms with Gasteiger partial charge in [0.15, 0.2) is 5.78 Å². The number of rotatable bonds is 20. The fourth-order valence-electron chi connectivity index (χ4n) is 10.4. The van der Waals surface area contributed by atoms with Crippen LogP contribution in [0.25, 0.3) is 40.5 Å². The second-order valence-corrected chi connectivity index (χ2v) is 19.8. The monoisotopic (exact) mass is 895 g/mol. The summed E-state index contributed by atoms with van der Waals surface area (Å²) >= 11 is 0. The van der Waals surface area contributed by atoms with Gasteiger partial charge < -0.3 is 30.1 Å². The van der Waals surface area contributed by atoms with E-state index in [1.54, 1.807) is 0 Å². The predicted octanol–water partition coefficient (Wildman–Crippen LogP) is 11.0. The van der Waals surface area contributed by atoms with E-state index in [0.717, 1.165) is 69.8 Å². The van der Waals surface area contributed by atoms with Crippen LogP contribution in [0.1, 0.15) is 171 Å². The largest absolute Gasteiger partial charge is 2.00 e. The average molecular weight is 896 g/mol. The number of ether oxygens (including phenoxy) is 2. The molecule has 1 unspecified atom stereocenters. The molecule has 5 heterocycles. The van der Waals surface area contributed by atoms with Crippen LogP contribution in [-0.2, 0) is 19.1 Å². The number of nitrogens with zero attached hydrogens (tertiary/aromatic N) is 4. The summed E-state index contributed by atoms with van der Waals surface area (Å²) in [5.41, 5.74) is 9.60. The molecule has 1 aliphatic carbocycles. The molecule has 0 saturated carbocycles. The Morgan fingerprint density at radius 3 is 2.22 bits per heavy atom. The fraction of sp³-hybridized carbons (Fsp3) is 0.582. The number of esters is 2. The van der Waals surface area contributed by atoms with Gasteiger partial charge in [-0.05, 0) is 94.6 Å². The minimum atomic E-state index is -1.20. The Morgan fingerprint density at radius 1 is 0.892 bits per heavy atom. The number of hydrogen-bond acceptors (Lipinski definition) is 5. The number of methoxy groups -OCH3 is 1. The van der Waals surface area contributed by atoms with Gasteiger partial charge in [0.2, 0.25) is 0 Å². The van der Waals surface area contributed by atoms with Crippen molar-refractivity contribution in [2.75, 3.05) is 13.7 Å². The Hall–Kier alpha value is -4.02. The van der Waals surface area contributed by atoms with Crippen molar-refractivity contribution in [3.05, 3.63) is 95.7 Å². The first kappa shape index (κ1) is 52.0. The summed E-state index contributed by atoms with van der Waals surface area (Å²) in [7, 11) is 1.30. The van der Waals surface area contributed by atoms with Crippen LogP contribution < -0.4 is 20.7 Å². The zero-order valence-electron chi connectivity index (χ0n) is 41.4. The van der Waals surface area contributed by atoms with Crippen LogP contribution in [0, 0.1) is 49.4 Å². The number of allylic oxidation sites excluding steroid dienone is 3. The molecule has 0 radical (unpaired) electrons. The van der Waals surface area contributed by atoms with Crippen LogP contribution in [0.3, 0.4) is 0 Å². The summed E-state index contributed by atoms with van der Waals surface area (Å²) in [6.45, 7) is 26.2. The van der Waals surface area contributed by atoms with E-state index in [0.29, 0.717) is 46.1 Å². The summed E-state index contributed by atoms with van der Waals surface area (Å²) < 4.78 is 11.1. The maximum absolute atomic E-state index is 14.4. The standard InChI is InChI=1S/C55H75N4O5.Mg/c1-13-39-35(8)42-28-44-37(10)41(24-25-48(60)64-27-26-34(7)23-17-22-33(6)21-16-20-32(5)19-15-18-31(3)4)52(58-44)50-51(55(62)63-12)54(61)49-38(11)45(59-53(49)50)30-47-40(14-2)36(9)43(57-47)29-46(39)56-42;/h13,26,28-33,37,41,43-44,51H,1,14-25,27H2,2-12H3,(H-,58,59,61);/q-3;+2/p-1/b34-26+,42-28-,46-29-,47-30-;/t32-,33-,37+,41+,43+,44?,51-;/m1./s1. The summed E-state index contributed by atoms with van der Waals surface area (Å²) in [6.07, 6.45) is 22.7. The molecule has 348 valence electrons. The SMILES string of the molecule is C=Cc1c(C)/c2[n-]/c1=C\[C@@H]1[N-]/C(=C\c3[n-]c4c(c3C)C(=O)[C@H](C(=O)OC)/C4=C3/[N-]C(\C=2)[C@@H](C)[C@@H]3CCC(=O)OC/C=C(\C)CCC[C@H](C)CCC[C@H](C)CCCC(C)C)C(CC)=C1C.[Mg+2]. The van der Waals surface area contributed by atoms with Gasteiger partial charge in [-0.25, -0.2) is 0 Å². The molecular weight excluding hydrogens is 821 g/mol. The summed E-state index contributed by atoms with van der Waals surface area (Å²) in [4.78, 5) is 51.6. The average Bonchev–Trinajstić information content (AvgIpc) is 3.99. The molecule has 7 atom stereocenters. The molecule has 2 aromatic heterocycles. The van der Waals surface area contributed by atoms with Gasteiger partial charge in [0, 0.05) is 12.0 Å². The van der Waals surface area contributed by atoms with Crippen LogP contribution in [0.2, 0.25) is 0 Å². The Balaban J connectivity index is 0.00000793. The smallest absolute Gasteiger partial charge is 0.681 e.